The van der Waals surface area contributed by atoms with Crippen LogP contribution in [0.25, 0.3) is 11.3 Å². The molecule has 106 valence electrons. The van der Waals surface area contributed by atoms with E-state index in [1.807, 2.05) is 6.07 Å². The van der Waals surface area contributed by atoms with Crippen molar-refractivity contribution < 1.29 is 4.74 Å². The van der Waals surface area contributed by atoms with Gasteiger partial charge in [0, 0.05) is 11.5 Å². The van der Waals surface area contributed by atoms with Crippen LogP contribution in [-0.2, 0) is 0 Å². The molecule has 4 heteroatoms. The van der Waals surface area contributed by atoms with E-state index in [1.54, 1.807) is 7.11 Å². The Labute approximate surface area is 128 Å². The summed E-state index contributed by atoms with van der Waals surface area (Å²) in [6, 6.07) is 6.08. The maximum atomic E-state index is 5.58. The average Bonchev–Trinajstić information content (AvgIpc) is 2.40. The van der Waals surface area contributed by atoms with Crippen molar-refractivity contribution in [2.45, 2.75) is 33.6 Å². The quantitative estimate of drug-likeness (QED) is 0.766. The van der Waals surface area contributed by atoms with E-state index in [9.17, 15) is 0 Å². The summed E-state index contributed by atoms with van der Waals surface area (Å²) in [5.74, 6) is 1.99. The van der Waals surface area contributed by atoms with Crippen LogP contribution in [0.15, 0.2) is 22.8 Å². The van der Waals surface area contributed by atoms with Gasteiger partial charge in [0.1, 0.15) is 16.2 Å². The van der Waals surface area contributed by atoms with Crippen molar-refractivity contribution in [3.05, 3.63) is 39.8 Å². The van der Waals surface area contributed by atoms with Crippen molar-refractivity contribution in [2.24, 2.45) is 0 Å². The highest BCUT2D eigenvalue weighted by molar-refractivity contribution is 9.10. The van der Waals surface area contributed by atoms with Crippen molar-refractivity contribution in [3.8, 4) is 17.0 Å². The third kappa shape index (κ3) is 2.85. The van der Waals surface area contributed by atoms with Crippen molar-refractivity contribution in [3.63, 3.8) is 0 Å². The molecule has 0 N–H and O–H groups in total. The van der Waals surface area contributed by atoms with Gasteiger partial charge in [-0.15, -0.1) is 0 Å². The first kappa shape index (κ1) is 15.0. The Kier molecular flexibility index (Phi) is 4.43. The second-order valence-corrected chi connectivity index (χ2v) is 5.99. The average molecular weight is 335 g/mol. The molecule has 0 bridgehead atoms. The zero-order valence-electron chi connectivity index (χ0n) is 12.5. The normalized spacial score (nSPS) is 10.9. The minimum atomic E-state index is 0.281. The number of rotatable bonds is 3. The standard InChI is InChI=1S/C16H19BrN2O/c1-9(2)16-18-13(8-14(17)19-16)12-7-6-10(3)11(4)15(12)20-5/h6-9H,1-5H3. The molecule has 0 aliphatic rings. The number of aryl methyl sites for hydroxylation is 1. The summed E-state index contributed by atoms with van der Waals surface area (Å²) in [7, 11) is 1.70. The number of ether oxygens (including phenoxy) is 1. The van der Waals surface area contributed by atoms with E-state index >= 15 is 0 Å². The third-order valence-corrected chi connectivity index (χ3v) is 3.79. The molecule has 0 unspecified atom stereocenters. The number of halogens is 1. The van der Waals surface area contributed by atoms with Crippen LogP contribution in [0.1, 0.15) is 36.7 Å². The van der Waals surface area contributed by atoms with E-state index in [-0.39, 0.29) is 5.92 Å². The van der Waals surface area contributed by atoms with E-state index in [1.165, 1.54) is 5.56 Å². The molecule has 1 heterocycles. The Morgan fingerprint density at radius 3 is 2.45 bits per heavy atom. The van der Waals surface area contributed by atoms with Gasteiger partial charge in [-0.25, -0.2) is 9.97 Å². The maximum Gasteiger partial charge on any atom is 0.132 e. The molecule has 20 heavy (non-hydrogen) atoms. The van der Waals surface area contributed by atoms with Gasteiger partial charge in [0.05, 0.1) is 12.8 Å². The maximum absolute atomic E-state index is 5.58. The second-order valence-electron chi connectivity index (χ2n) is 5.18. The SMILES string of the molecule is COc1c(-c2cc(Br)nc(C(C)C)n2)ccc(C)c1C. The fraction of sp³-hybridized carbons (Fsp3) is 0.375. The molecular weight excluding hydrogens is 316 g/mol. The molecule has 0 saturated carbocycles. The van der Waals surface area contributed by atoms with Crippen LogP contribution in [0.5, 0.6) is 5.75 Å². The minimum Gasteiger partial charge on any atom is -0.496 e. The lowest BCUT2D eigenvalue weighted by molar-refractivity contribution is 0.413. The number of benzene rings is 1. The molecule has 0 amide bonds. The molecule has 1 aromatic carbocycles. The van der Waals surface area contributed by atoms with Crippen molar-refractivity contribution in [1.29, 1.82) is 0 Å². The van der Waals surface area contributed by atoms with Crippen molar-refractivity contribution >= 4 is 15.9 Å². The largest absolute Gasteiger partial charge is 0.496 e. The van der Waals surface area contributed by atoms with Gasteiger partial charge in [0.2, 0.25) is 0 Å². The summed E-state index contributed by atoms with van der Waals surface area (Å²) in [5.41, 5.74) is 4.24. The van der Waals surface area contributed by atoms with Gasteiger partial charge in [0.15, 0.2) is 0 Å². The van der Waals surface area contributed by atoms with Gasteiger partial charge >= 0.3 is 0 Å². The topological polar surface area (TPSA) is 35.0 Å². The highest BCUT2D eigenvalue weighted by Gasteiger charge is 2.14. The van der Waals surface area contributed by atoms with Crippen LogP contribution < -0.4 is 4.74 Å². The first-order valence-electron chi connectivity index (χ1n) is 6.63. The highest BCUT2D eigenvalue weighted by Crippen LogP contribution is 2.34. The van der Waals surface area contributed by atoms with Crippen LogP contribution in [0.2, 0.25) is 0 Å². The second kappa shape index (κ2) is 5.92. The van der Waals surface area contributed by atoms with Gasteiger partial charge in [-0.1, -0.05) is 19.9 Å². The molecule has 0 aliphatic heterocycles. The fourth-order valence-electron chi connectivity index (χ4n) is 2.09. The number of methoxy groups -OCH3 is 1. The molecule has 0 radical (unpaired) electrons. The molecule has 0 aliphatic carbocycles. The molecule has 0 saturated heterocycles. The number of nitrogens with zero attached hydrogens (tertiary/aromatic N) is 2. The van der Waals surface area contributed by atoms with E-state index in [0.717, 1.165) is 33.0 Å². The summed E-state index contributed by atoms with van der Waals surface area (Å²) < 4.78 is 6.37. The summed E-state index contributed by atoms with van der Waals surface area (Å²) >= 11 is 3.47. The third-order valence-electron chi connectivity index (χ3n) is 3.39. The predicted octanol–water partition coefficient (Wildman–Crippen LogP) is 4.65. The number of hydrogen-bond donors (Lipinski definition) is 0. The molecule has 0 fully saturated rings. The predicted molar refractivity (Wildman–Crippen MR) is 85.3 cm³/mol. The first-order chi connectivity index (χ1) is 9.43. The molecule has 2 rings (SSSR count). The Balaban J connectivity index is 2.65. The van der Waals surface area contributed by atoms with E-state index < -0.39 is 0 Å². The number of hydrogen-bond acceptors (Lipinski definition) is 3. The van der Waals surface area contributed by atoms with Crippen LogP contribution in [0, 0.1) is 13.8 Å². The Morgan fingerprint density at radius 2 is 1.85 bits per heavy atom. The lowest BCUT2D eigenvalue weighted by Crippen LogP contribution is -2.01. The van der Waals surface area contributed by atoms with Gasteiger partial charge in [-0.3, -0.25) is 0 Å². The minimum absolute atomic E-state index is 0.281. The monoisotopic (exact) mass is 334 g/mol. The van der Waals surface area contributed by atoms with Crippen molar-refractivity contribution in [1.82, 2.24) is 9.97 Å². The molecule has 1 aromatic heterocycles. The molecule has 0 spiro atoms. The Bertz CT molecular complexity index is 639. The summed E-state index contributed by atoms with van der Waals surface area (Å²) in [6.07, 6.45) is 0. The zero-order valence-corrected chi connectivity index (χ0v) is 14.1. The van der Waals surface area contributed by atoms with Crippen LogP contribution >= 0.6 is 15.9 Å². The van der Waals surface area contributed by atoms with Gasteiger partial charge in [0.25, 0.3) is 0 Å². The first-order valence-corrected chi connectivity index (χ1v) is 7.42. The highest BCUT2D eigenvalue weighted by atomic mass is 79.9. The lowest BCUT2D eigenvalue weighted by atomic mass is 10.0. The smallest absolute Gasteiger partial charge is 0.132 e. The van der Waals surface area contributed by atoms with Crippen LogP contribution in [0.4, 0.5) is 0 Å². The number of aromatic nitrogens is 2. The van der Waals surface area contributed by atoms with Gasteiger partial charge in [-0.2, -0.15) is 0 Å². The fourth-order valence-corrected chi connectivity index (χ4v) is 2.48. The Morgan fingerprint density at radius 1 is 1.15 bits per heavy atom. The van der Waals surface area contributed by atoms with Crippen molar-refractivity contribution in [2.75, 3.05) is 7.11 Å². The molecule has 0 atom stereocenters. The van der Waals surface area contributed by atoms with Crippen LogP contribution in [-0.4, -0.2) is 17.1 Å². The van der Waals surface area contributed by atoms with E-state index in [2.05, 4.69) is 65.7 Å². The van der Waals surface area contributed by atoms with Gasteiger partial charge in [-0.05, 0) is 53.0 Å². The molecular formula is C16H19BrN2O. The summed E-state index contributed by atoms with van der Waals surface area (Å²) in [4.78, 5) is 9.08. The van der Waals surface area contributed by atoms with Gasteiger partial charge < -0.3 is 4.74 Å². The van der Waals surface area contributed by atoms with Crippen LogP contribution in [0.3, 0.4) is 0 Å². The summed E-state index contributed by atoms with van der Waals surface area (Å²) in [6.45, 7) is 8.32. The molecule has 2 aromatic rings. The lowest BCUT2D eigenvalue weighted by Gasteiger charge is -2.14. The zero-order chi connectivity index (χ0) is 14.9. The Hall–Kier alpha value is -1.42. The molecule has 3 nitrogen and oxygen atoms in total. The summed E-state index contributed by atoms with van der Waals surface area (Å²) in [5, 5.41) is 0. The van der Waals surface area contributed by atoms with E-state index in [4.69, 9.17) is 4.74 Å². The van der Waals surface area contributed by atoms with E-state index in [0.29, 0.717) is 0 Å².